The largest absolute Gasteiger partial charge is 0.436 e. The molecule has 0 radical (unpaired) electrons. The molecule has 0 aliphatic heterocycles. The minimum absolute atomic E-state index is 0.140. The zero-order valence-electron chi connectivity index (χ0n) is 14.4. The van der Waals surface area contributed by atoms with Crippen molar-refractivity contribution in [2.45, 2.75) is 6.42 Å². The summed E-state index contributed by atoms with van der Waals surface area (Å²) < 4.78 is 5.76. The van der Waals surface area contributed by atoms with E-state index >= 15 is 0 Å². The van der Waals surface area contributed by atoms with Crippen molar-refractivity contribution < 1.29 is 9.21 Å². The first-order valence-corrected chi connectivity index (χ1v) is 8.90. The number of nitrogens with one attached hydrogen (secondary N) is 1. The number of hydrogen-bond donors (Lipinski definition) is 1. The molecule has 27 heavy (non-hydrogen) atoms. The van der Waals surface area contributed by atoms with Gasteiger partial charge in [0.15, 0.2) is 5.58 Å². The Hall–Kier alpha value is -3.18. The van der Waals surface area contributed by atoms with Crippen LogP contribution in [0.5, 0.6) is 0 Å². The summed E-state index contributed by atoms with van der Waals surface area (Å²) in [6.07, 6.45) is 4.11. The van der Waals surface area contributed by atoms with Gasteiger partial charge in [-0.25, -0.2) is 4.98 Å². The van der Waals surface area contributed by atoms with Gasteiger partial charge in [0.2, 0.25) is 5.89 Å². The van der Waals surface area contributed by atoms with Crippen LogP contribution in [0.25, 0.3) is 22.6 Å². The van der Waals surface area contributed by atoms with Crippen LogP contribution in [0, 0.1) is 0 Å². The molecule has 5 nitrogen and oxygen atoms in total. The van der Waals surface area contributed by atoms with Crippen LogP contribution in [0.15, 0.2) is 71.4 Å². The molecule has 0 fully saturated rings. The van der Waals surface area contributed by atoms with Crippen LogP contribution in [-0.2, 0) is 6.42 Å². The molecular formula is C21H16ClN3O2. The third kappa shape index (κ3) is 3.99. The summed E-state index contributed by atoms with van der Waals surface area (Å²) in [4.78, 5) is 20.9. The van der Waals surface area contributed by atoms with E-state index in [2.05, 4.69) is 15.3 Å². The Morgan fingerprint density at radius 2 is 1.81 bits per heavy atom. The van der Waals surface area contributed by atoms with Gasteiger partial charge in [0.05, 0.1) is 0 Å². The van der Waals surface area contributed by atoms with Crippen LogP contribution < -0.4 is 5.32 Å². The van der Waals surface area contributed by atoms with Crippen molar-refractivity contribution in [1.82, 2.24) is 15.3 Å². The van der Waals surface area contributed by atoms with Gasteiger partial charge in [-0.2, -0.15) is 0 Å². The number of rotatable bonds is 5. The van der Waals surface area contributed by atoms with Crippen molar-refractivity contribution in [3.63, 3.8) is 0 Å². The third-order valence-electron chi connectivity index (χ3n) is 4.19. The third-order valence-corrected chi connectivity index (χ3v) is 4.44. The predicted molar refractivity (Wildman–Crippen MR) is 105 cm³/mol. The molecule has 0 aliphatic rings. The van der Waals surface area contributed by atoms with E-state index in [9.17, 15) is 4.79 Å². The first kappa shape index (κ1) is 17.2. The fourth-order valence-corrected chi connectivity index (χ4v) is 2.89. The lowest BCUT2D eigenvalue weighted by molar-refractivity contribution is 0.0954. The summed E-state index contributed by atoms with van der Waals surface area (Å²) in [5.41, 5.74) is 3.80. The van der Waals surface area contributed by atoms with Gasteiger partial charge >= 0.3 is 0 Å². The minimum atomic E-state index is -0.140. The fourth-order valence-electron chi connectivity index (χ4n) is 2.76. The Morgan fingerprint density at radius 1 is 1.04 bits per heavy atom. The molecule has 1 N–H and O–H groups in total. The van der Waals surface area contributed by atoms with Gasteiger partial charge in [-0.05, 0) is 54.4 Å². The number of amides is 1. The van der Waals surface area contributed by atoms with Crippen LogP contribution >= 0.6 is 11.6 Å². The lowest BCUT2D eigenvalue weighted by atomic mass is 10.1. The van der Waals surface area contributed by atoms with Crippen molar-refractivity contribution in [2.75, 3.05) is 6.54 Å². The number of benzene rings is 2. The smallest absolute Gasteiger partial charge is 0.251 e. The molecule has 2 heterocycles. The highest BCUT2D eigenvalue weighted by atomic mass is 35.5. The van der Waals surface area contributed by atoms with Crippen molar-refractivity contribution in [3.05, 3.63) is 83.1 Å². The van der Waals surface area contributed by atoms with Gasteiger partial charge in [-0.1, -0.05) is 23.7 Å². The highest BCUT2D eigenvalue weighted by Crippen LogP contribution is 2.24. The molecule has 6 heteroatoms. The van der Waals surface area contributed by atoms with Crippen LogP contribution in [-0.4, -0.2) is 22.4 Å². The van der Waals surface area contributed by atoms with E-state index in [1.807, 2.05) is 36.4 Å². The van der Waals surface area contributed by atoms with Crippen LogP contribution in [0.4, 0.5) is 0 Å². The maximum absolute atomic E-state index is 12.4. The SMILES string of the molecule is O=C(NCCc1ccc(Cl)cc1)c1ccc2oc(-c3ccncc3)nc2c1. The number of carbonyl (C=O) groups is 1. The number of carbonyl (C=O) groups excluding carboxylic acids is 1. The van der Waals surface area contributed by atoms with Crippen molar-refractivity contribution in [3.8, 4) is 11.5 Å². The van der Waals surface area contributed by atoms with Gasteiger partial charge < -0.3 is 9.73 Å². The predicted octanol–water partition coefficient (Wildman–Crippen LogP) is 4.52. The number of hydrogen-bond acceptors (Lipinski definition) is 4. The van der Waals surface area contributed by atoms with Gasteiger partial charge in [-0.3, -0.25) is 9.78 Å². The molecule has 134 valence electrons. The topological polar surface area (TPSA) is 68.0 Å². The van der Waals surface area contributed by atoms with Crippen LogP contribution in [0.1, 0.15) is 15.9 Å². The van der Waals surface area contributed by atoms with Crippen LogP contribution in [0.3, 0.4) is 0 Å². The molecule has 0 saturated carbocycles. The molecule has 2 aromatic heterocycles. The monoisotopic (exact) mass is 377 g/mol. The first-order chi connectivity index (χ1) is 13.2. The van der Waals surface area contributed by atoms with Gasteiger partial charge in [0, 0.05) is 35.1 Å². The lowest BCUT2D eigenvalue weighted by Crippen LogP contribution is -2.25. The zero-order chi connectivity index (χ0) is 18.6. The van der Waals surface area contributed by atoms with Gasteiger partial charge in [0.25, 0.3) is 5.91 Å². The van der Waals surface area contributed by atoms with E-state index in [0.29, 0.717) is 34.1 Å². The van der Waals surface area contributed by atoms with Crippen molar-refractivity contribution in [2.24, 2.45) is 0 Å². The minimum Gasteiger partial charge on any atom is -0.436 e. The quantitative estimate of drug-likeness (QED) is 0.555. The molecule has 0 aliphatic carbocycles. The fraction of sp³-hybridized carbons (Fsp3) is 0.0952. The van der Waals surface area contributed by atoms with Crippen molar-refractivity contribution >= 4 is 28.6 Å². The molecule has 2 aromatic carbocycles. The van der Waals surface area contributed by atoms with E-state index in [1.165, 1.54) is 0 Å². The summed E-state index contributed by atoms with van der Waals surface area (Å²) in [6, 6.07) is 16.5. The summed E-state index contributed by atoms with van der Waals surface area (Å²) >= 11 is 5.88. The molecule has 1 amide bonds. The second-order valence-corrected chi connectivity index (χ2v) is 6.51. The summed E-state index contributed by atoms with van der Waals surface area (Å²) in [7, 11) is 0. The molecule has 0 atom stereocenters. The second-order valence-electron chi connectivity index (χ2n) is 6.07. The highest BCUT2D eigenvalue weighted by molar-refractivity contribution is 6.30. The molecular weight excluding hydrogens is 362 g/mol. The molecule has 0 spiro atoms. The number of halogens is 1. The molecule has 0 saturated heterocycles. The summed E-state index contributed by atoms with van der Waals surface area (Å²) in [6.45, 7) is 0.541. The lowest BCUT2D eigenvalue weighted by Gasteiger charge is -2.05. The van der Waals surface area contributed by atoms with E-state index in [1.54, 1.807) is 30.6 Å². The number of pyridine rings is 1. The van der Waals surface area contributed by atoms with Crippen molar-refractivity contribution in [1.29, 1.82) is 0 Å². The maximum Gasteiger partial charge on any atom is 0.251 e. The standard InChI is InChI=1S/C21H16ClN3O2/c22-17-4-1-14(2-5-17)7-12-24-20(26)16-3-6-19-18(13-16)25-21(27-19)15-8-10-23-11-9-15/h1-6,8-11,13H,7,12H2,(H,24,26). The Balaban J connectivity index is 1.45. The number of fused-ring (bicyclic) bond motifs is 1. The average Bonchev–Trinajstić information content (AvgIpc) is 3.13. The number of nitrogens with zero attached hydrogens (tertiary/aromatic N) is 2. The Bertz CT molecular complexity index is 1080. The van der Waals surface area contributed by atoms with Crippen LogP contribution in [0.2, 0.25) is 5.02 Å². The first-order valence-electron chi connectivity index (χ1n) is 8.53. The summed E-state index contributed by atoms with van der Waals surface area (Å²) in [5, 5.41) is 3.63. The zero-order valence-corrected chi connectivity index (χ0v) is 15.1. The molecule has 0 unspecified atom stereocenters. The Kier molecular flexibility index (Phi) is 4.85. The number of oxazole rings is 1. The highest BCUT2D eigenvalue weighted by Gasteiger charge is 2.11. The molecule has 4 aromatic rings. The normalized spacial score (nSPS) is 10.9. The van der Waals surface area contributed by atoms with E-state index in [-0.39, 0.29) is 5.91 Å². The molecule has 4 rings (SSSR count). The molecule has 0 bridgehead atoms. The van der Waals surface area contributed by atoms with E-state index in [4.69, 9.17) is 16.0 Å². The van der Waals surface area contributed by atoms with E-state index in [0.717, 1.165) is 17.5 Å². The maximum atomic E-state index is 12.4. The van der Waals surface area contributed by atoms with Gasteiger partial charge in [-0.15, -0.1) is 0 Å². The Labute approximate surface area is 161 Å². The Morgan fingerprint density at radius 3 is 2.59 bits per heavy atom. The average molecular weight is 378 g/mol. The summed E-state index contributed by atoms with van der Waals surface area (Å²) in [5.74, 6) is 0.368. The van der Waals surface area contributed by atoms with E-state index < -0.39 is 0 Å². The second kappa shape index (κ2) is 7.60. The van der Waals surface area contributed by atoms with Gasteiger partial charge in [0.1, 0.15) is 5.52 Å². The number of aromatic nitrogens is 2.